The Kier molecular flexibility index (Phi) is 2.45. The number of aromatic nitrogens is 2. The van der Waals surface area contributed by atoms with Gasteiger partial charge in [0.05, 0.1) is 9.21 Å². The second-order valence-electron chi connectivity index (χ2n) is 2.59. The molecule has 68 valence electrons. The monoisotopic (exact) mass is 276 g/mol. The van der Waals surface area contributed by atoms with Gasteiger partial charge in [-0.15, -0.1) is 11.3 Å². The quantitative estimate of drug-likeness (QED) is 0.842. The molecule has 0 aromatic carbocycles. The SMILES string of the molecule is Cc1nc(-c2ccc(Cl)s2)c(Br)[nH]1. The molecule has 2 heterocycles. The third-order valence-corrected chi connectivity index (χ3v) is 3.40. The predicted molar refractivity (Wildman–Crippen MR) is 59.3 cm³/mol. The molecular formula is C8H6BrClN2S. The molecule has 0 aliphatic heterocycles. The van der Waals surface area contributed by atoms with Crippen molar-refractivity contribution in [2.45, 2.75) is 6.92 Å². The highest BCUT2D eigenvalue weighted by atomic mass is 79.9. The maximum atomic E-state index is 5.83. The number of aryl methyl sites for hydroxylation is 1. The Balaban J connectivity index is 2.51. The lowest BCUT2D eigenvalue weighted by atomic mass is 10.4. The molecule has 2 aromatic heterocycles. The summed E-state index contributed by atoms with van der Waals surface area (Å²) in [6.45, 7) is 1.92. The van der Waals surface area contributed by atoms with Crippen LogP contribution in [0.4, 0.5) is 0 Å². The van der Waals surface area contributed by atoms with Crippen LogP contribution in [0.2, 0.25) is 4.34 Å². The number of hydrogen-bond donors (Lipinski definition) is 1. The van der Waals surface area contributed by atoms with Crippen LogP contribution < -0.4 is 0 Å². The van der Waals surface area contributed by atoms with Crippen molar-refractivity contribution in [1.82, 2.24) is 9.97 Å². The molecule has 0 unspecified atom stereocenters. The van der Waals surface area contributed by atoms with Crippen LogP contribution in [0.25, 0.3) is 10.6 Å². The summed E-state index contributed by atoms with van der Waals surface area (Å²) in [4.78, 5) is 8.50. The van der Waals surface area contributed by atoms with E-state index < -0.39 is 0 Å². The molecule has 0 aliphatic rings. The minimum absolute atomic E-state index is 0.780. The molecule has 0 saturated carbocycles. The van der Waals surface area contributed by atoms with Gasteiger partial charge in [-0.2, -0.15) is 0 Å². The van der Waals surface area contributed by atoms with Crippen molar-refractivity contribution in [2.24, 2.45) is 0 Å². The van der Waals surface area contributed by atoms with Crippen molar-refractivity contribution in [3.63, 3.8) is 0 Å². The van der Waals surface area contributed by atoms with E-state index in [0.717, 1.165) is 25.3 Å². The Morgan fingerprint density at radius 1 is 1.54 bits per heavy atom. The van der Waals surface area contributed by atoms with E-state index in [4.69, 9.17) is 11.6 Å². The molecule has 0 atom stereocenters. The predicted octanol–water partition coefficient (Wildman–Crippen LogP) is 3.86. The van der Waals surface area contributed by atoms with Crippen molar-refractivity contribution < 1.29 is 0 Å². The summed E-state index contributed by atoms with van der Waals surface area (Å²) in [7, 11) is 0. The van der Waals surface area contributed by atoms with Gasteiger partial charge in [0.15, 0.2) is 0 Å². The van der Waals surface area contributed by atoms with Crippen LogP contribution in [0.1, 0.15) is 5.82 Å². The number of halogens is 2. The van der Waals surface area contributed by atoms with Crippen molar-refractivity contribution in [2.75, 3.05) is 0 Å². The van der Waals surface area contributed by atoms with Crippen LogP contribution in [-0.2, 0) is 0 Å². The summed E-state index contributed by atoms with van der Waals surface area (Å²) in [5.41, 5.74) is 0.925. The number of nitrogens with one attached hydrogen (secondary N) is 1. The van der Waals surface area contributed by atoms with Gasteiger partial charge in [-0.25, -0.2) is 4.98 Å². The van der Waals surface area contributed by atoms with Crippen LogP contribution in [0.5, 0.6) is 0 Å². The largest absolute Gasteiger partial charge is 0.336 e. The Morgan fingerprint density at radius 2 is 2.31 bits per heavy atom. The van der Waals surface area contributed by atoms with E-state index in [1.54, 1.807) is 0 Å². The summed E-state index contributed by atoms with van der Waals surface area (Å²) in [6.07, 6.45) is 0. The van der Waals surface area contributed by atoms with E-state index in [9.17, 15) is 0 Å². The van der Waals surface area contributed by atoms with Crippen LogP contribution in [-0.4, -0.2) is 9.97 Å². The zero-order valence-corrected chi connectivity index (χ0v) is 9.92. The molecule has 1 N–H and O–H groups in total. The van der Waals surface area contributed by atoms with E-state index in [1.807, 2.05) is 19.1 Å². The van der Waals surface area contributed by atoms with Gasteiger partial charge in [0.2, 0.25) is 0 Å². The van der Waals surface area contributed by atoms with Gasteiger partial charge in [0.1, 0.15) is 16.1 Å². The van der Waals surface area contributed by atoms with E-state index in [0.29, 0.717) is 0 Å². The Bertz CT molecular complexity index is 435. The van der Waals surface area contributed by atoms with Gasteiger partial charge in [0.25, 0.3) is 0 Å². The average Bonchev–Trinajstić information content (AvgIpc) is 2.58. The molecule has 0 spiro atoms. The van der Waals surface area contributed by atoms with Crippen molar-refractivity contribution in [3.8, 4) is 10.6 Å². The Labute approximate surface area is 93.1 Å². The average molecular weight is 278 g/mol. The van der Waals surface area contributed by atoms with Crippen molar-refractivity contribution >= 4 is 38.9 Å². The van der Waals surface area contributed by atoms with E-state index >= 15 is 0 Å². The van der Waals surface area contributed by atoms with Crippen LogP contribution in [0, 0.1) is 6.92 Å². The maximum absolute atomic E-state index is 5.83. The Hall–Kier alpha value is -0.320. The van der Waals surface area contributed by atoms with Crippen LogP contribution in [0.3, 0.4) is 0 Å². The van der Waals surface area contributed by atoms with E-state index in [-0.39, 0.29) is 0 Å². The van der Waals surface area contributed by atoms with Gasteiger partial charge in [-0.3, -0.25) is 0 Å². The lowest BCUT2D eigenvalue weighted by Gasteiger charge is -1.89. The molecule has 0 radical (unpaired) electrons. The topological polar surface area (TPSA) is 28.7 Å². The second-order valence-corrected chi connectivity index (χ2v) is 5.10. The third kappa shape index (κ3) is 1.80. The number of H-pyrrole nitrogens is 1. The zero-order chi connectivity index (χ0) is 9.42. The lowest BCUT2D eigenvalue weighted by Crippen LogP contribution is -1.72. The summed E-state index contributed by atoms with van der Waals surface area (Å²) < 4.78 is 1.69. The smallest absolute Gasteiger partial charge is 0.113 e. The highest BCUT2D eigenvalue weighted by molar-refractivity contribution is 9.10. The molecule has 0 fully saturated rings. The van der Waals surface area contributed by atoms with Gasteiger partial charge >= 0.3 is 0 Å². The van der Waals surface area contributed by atoms with Crippen LogP contribution >= 0.6 is 38.9 Å². The van der Waals surface area contributed by atoms with Gasteiger partial charge in [-0.05, 0) is 35.0 Å². The minimum atomic E-state index is 0.780. The normalized spacial score (nSPS) is 10.7. The molecule has 0 bridgehead atoms. The second kappa shape index (κ2) is 3.44. The van der Waals surface area contributed by atoms with Gasteiger partial charge in [0, 0.05) is 0 Å². The fraction of sp³-hybridized carbons (Fsp3) is 0.125. The first-order chi connectivity index (χ1) is 6.16. The highest BCUT2D eigenvalue weighted by Crippen LogP contribution is 2.33. The number of imidazole rings is 1. The third-order valence-electron chi connectivity index (χ3n) is 1.58. The summed E-state index contributed by atoms with van der Waals surface area (Å²) in [5.74, 6) is 0.895. The lowest BCUT2D eigenvalue weighted by molar-refractivity contribution is 1.14. The molecule has 0 amide bonds. The summed E-state index contributed by atoms with van der Waals surface area (Å²) >= 11 is 10.8. The van der Waals surface area contributed by atoms with Crippen molar-refractivity contribution in [3.05, 3.63) is 26.9 Å². The van der Waals surface area contributed by atoms with E-state index in [1.165, 1.54) is 11.3 Å². The maximum Gasteiger partial charge on any atom is 0.113 e. The van der Waals surface area contributed by atoms with Gasteiger partial charge < -0.3 is 4.98 Å². The van der Waals surface area contributed by atoms with Crippen molar-refractivity contribution in [1.29, 1.82) is 0 Å². The highest BCUT2D eigenvalue weighted by Gasteiger charge is 2.09. The number of rotatable bonds is 1. The Morgan fingerprint density at radius 3 is 2.77 bits per heavy atom. The molecule has 0 saturated heterocycles. The molecule has 13 heavy (non-hydrogen) atoms. The molecule has 2 rings (SSSR count). The molecule has 2 aromatic rings. The molecule has 0 aliphatic carbocycles. The standard InChI is InChI=1S/C8H6BrClN2S/c1-4-11-7(8(9)12-4)5-2-3-6(10)13-5/h2-3H,1H3,(H,11,12). The molecule has 5 heteroatoms. The summed E-state index contributed by atoms with van der Waals surface area (Å²) in [5, 5.41) is 0. The first-order valence-corrected chi connectivity index (χ1v) is 5.63. The fourth-order valence-electron chi connectivity index (χ4n) is 1.07. The number of thiophene rings is 1. The van der Waals surface area contributed by atoms with Gasteiger partial charge in [-0.1, -0.05) is 11.6 Å². The number of aromatic amines is 1. The number of hydrogen-bond acceptors (Lipinski definition) is 2. The summed E-state index contributed by atoms with van der Waals surface area (Å²) in [6, 6.07) is 3.84. The molecular weight excluding hydrogens is 272 g/mol. The first-order valence-electron chi connectivity index (χ1n) is 3.64. The number of nitrogens with zero attached hydrogens (tertiary/aromatic N) is 1. The fourth-order valence-corrected chi connectivity index (χ4v) is 2.83. The van der Waals surface area contributed by atoms with E-state index in [2.05, 4.69) is 25.9 Å². The molecule has 2 nitrogen and oxygen atoms in total. The first kappa shape index (κ1) is 9.24. The minimum Gasteiger partial charge on any atom is -0.336 e. The van der Waals surface area contributed by atoms with Crippen LogP contribution in [0.15, 0.2) is 16.7 Å². The zero-order valence-electron chi connectivity index (χ0n) is 6.77.